The van der Waals surface area contributed by atoms with Gasteiger partial charge in [-0.2, -0.15) is 0 Å². The van der Waals surface area contributed by atoms with Gasteiger partial charge in [-0.1, -0.05) is 51.8 Å². The highest BCUT2D eigenvalue weighted by Crippen LogP contribution is 2.64. The van der Waals surface area contributed by atoms with Gasteiger partial charge in [-0.25, -0.2) is 4.90 Å². The molecule has 0 radical (unpaired) electrons. The second-order valence-electron chi connectivity index (χ2n) is 11.9. The van der Waals surface area contributed by atoms with Crippen molar-refractivity contribution in [1.82, 2.24) is 0 Å². The van der Waals surface area contributed by atoms with E-state index in [0.29, 0.717) is 23.4 Å². The van der Waals surface area contributed by atoms with Crippen LogP contribution < -0.4 is 14.5 Å². The smallest absolute Gasteiger partial charge is 0.241 e. The Hall–Kier alpha value is -4.24. The molecule has 43 heavy (non-hydrogen) atoms. The van der Waals surface area contributed by atoms with E-state index in [-0.39, 0.29) is 41.5 Å². The summed E-state index contributed by atoms with van der Waals surface area (Å²) >= 11 is 3.41. The molecule has 4 amide bonds. The topological polar surface area (TPSA) is 104 Å². The number of carbonyl (C=O) groups is 4. The second-order valence-corrected chi connectivity index (χ2v) is 12.8. The summed E-state index contributed by atoms with van der Waals surface area (Å²) in [6.07, 6.45) is 2.64. The molecule has 1 saturated carbocycles. The standard InChI is InChI=1S/C34H29BrN2O6/c1-34-25(31(40)37(33(34)42)20-6-4-3-5-7-20)17-24-22(29(34)18-8-15-26(38)27(16-18)43-2)13-14-23-28(24)32(41)36(30(23)39)21-11-9-19(35)10-12-21/h3-13,15-16,23-25,28-29,38H,14,17H2,1-2H3/t23-,24+,25-,28-,29-,34+/m0/s1. The number of benzene rings is 3. The lowest BCUT2D eigenvalue weighted by Crippen LogP contribution is -2.48. The molecule has 2 heterocycles. The second kappa shape index (κ2) is 9.91. The number of halogens is 1. The number of aromatic hydroxyl groups is 1. The van der Waals surface area contributed by atoms with Gasteiger partial charge in [0.2, 0.25) is 23.6 Å². The summed E-state index contributed by atoms with van der Waals surface area (Å²) in [7, 11) is 1.46. The van der Waals surface area contributed by atoms with E-state index in [9.17, 15) is 24.3 Å². The molecule has 2 aliphatic carbocycles. The third-order valence-corrected chi connectivity index (χ3v) is 10.4. The van der Waals surface area contributed by atoms with Crippen LogP contribution in [0.1, 0.15) is 31.2 Å². The first-order valence-corrected chi connectivity index (χ1v) is 15.1. The molecule has 3 fully saturated rings. The molecular weight excluding hydrogens is 612 g/mol. The van der Waals surface area contributed by atoms with Gasteiger partial charge in [0.1, 0.15) is 0 Å². The number of hydrogen-bond donors (Lipinski definition) is 1. The molecule has 0 unspecified atom stereocenters. The Morgan fingerprint density at radius 1 is 0.860 bits per heavy atom. The molecule has 218 valence electrons. The zero-order valence-corrected chi connectivity index (χ0v) is 25.2. The first-order chi connectivity index (χ1) is 20.7. The third-order valence-electron chi connectivity index (χ3n) is 9.91. The Bertz CT molecular complexity index is 1720. The van der Waals surface area contributed by atoms with Crippen molar-refractivity contribution in [3.8, 4) is 11.5 Å². The highest BCUT2D eigenvalue weighted by atomic mass is 79.9. The summed E-state index contributed by atoms with van der Waals surface area (Å²) < 4.78 is 6.26. The van der Waals surface area contributed by atoms with Crippen LogP contribution in [0.4, 0.5) is 11.4 Å². The van der Waals surface area contributed by atoms with Crippen LogP contribution in [0.5, 0.6) is 11.5 Å². The Balaban J connectivity index is 1.37. The highest BCUT2D eigenvalue weighted by molar-refractivity contribution is 9.10. The fourth-order valence-electron chi connectivity index (χ4n) is 7.94. The number of imide groups is 2. The number of hydrogen-bond acceptors (Lipinski definition) is 6. The summed E-state index contributed by atoms with van der Waals surface area (Å²) in [5, 5.41) is 10.4. The molecule has 7 rings (SSSR count). The number of methoxy groups -OCH3 is 1. The number of phenols is 1. The summed E-state index contributed by atoms with van der Waals surface area (Å²) in [6, 6.07) is 20.9. The molecule has 0 spiro atoms. The van der Waals surface area contributed by atoms with Crippen LogP contribution in [0.25, 0.3) is 0 Å². The van der Waals surface area contributed by atoms with E-state index in [1.54, 1.807) is 60.7 Å². The quantitative estimate of drug-likeness (QED) is 0.294. The molecule has 6 atom stereocenters. The maximum absolute atomic E-state index is 14.4. The van der Waals surface area contributed by atoms with Gasteiger partial charge >= 0.3 is 0 Å². The van der Waals surface area contributed by atoms with E-state index in [1.165, 1.54) is 23.0 Å². The molecule has 8 nitrogen and oxygen atoms in total. The van der Waals surface area contributed by atoms with Crippen LogP contribution in [0.3, 0.4) is 0 Å². The molecule has 3 aromatic carbocycles. The van der Waals surface area contributed by atoms with Gasteiger partial charge < -0.3 is 9.84 Å². The number of nitrogens with zero attached hydrogens (tertiary/aromatic N) is 2. The Kier molecular flexibility index (Phi) is 6.36. The van der Waals surface area contributed by atoms with Crippen LogP contribution in [0, 0.1) is 29.1 Å². The summed E-state index contributed by atoms with van der Waals surface area (Å²) in [6.45, 7) is 1.84. The summed E-state index contributed by atoms with van der Waals surface area (Å²) in [5.74, 6) is -3.88. The van der Waals surface area contributed by atoms with Gasteiger partial charge in [-0.05, 0) is 79.8 Å². The van der Waals surface area contributed by atoms with Crippen molar-refractivity contribution in [2.45, 2.75) is 25.7 Å². The number of ether oxygens (including phenoxy) is 1. The Morgan fingerprint density at radius 3 is 2.26 bits per heavy atom. The number of fused-ring (bicyclic) bond motifs is 4. The molecular formula is C34H29BrN2O6. The summed E-state index contributed by atoms with van der Waals surface area (Å²) in [4.78, 5) is 59.0. The van der Waals surface area contributed by atoms with E-state index in [1.807, 2.05) is 19.1 Å². The van der Waals surface area contributed by atoms with Crippen molar-refractivity contribution in [3.05, 3.63) is 94.5 Å². The number of para-hydroxylation sites is 1. The van der Waals surface area contributed by atoms with Crippen LogP contribution in [0.15, 0.2) is 88.9 Å². The molecule has 4 aliphatic rings. The highest BCUT2D eigenvalue weighted by Gasteiger charge is 2.67. The third kappa shape index (κ3) is 3.87. The molecule has 9 heteroatoms. The van der Waals surface area contributed by atoms with E-state index in [4.69, 9.17) is 4.74 Å². The monoisotopic (exact) mass is 640 g/mol. The molecule has 0 aromatic heterocycles. The first kappa shape index (κ1) is 27.6. The zero-order chi connectivity index (χ0) is 30.2. The minimum absolute atomic E-state index is 0.0422. The summed E-state index contributed by atoms with van der Waals surface area (Å²) in [5.41, 5.74) is 1.42. The van der Waals surface area contributed by atoms with Gasteiger partial charge in [0.05, 0.1) is 41.7 Å². The van der Waals surface area contributed by atoms with Crippen molar-refractivity contribution < 1.29 is 29.0 Å². The number of allylic oxidation sites excluding steroid dienone is 2. The normalized spacial score (nSPS) is 29.7. The van der Waals surface area contributed by atoms with Crippen molar-refractivity contribution in [3.63, 3.8) is 0 Å². The number of anilines is 2. The van der Waals surface area contributed by atoms with Gasteiger partial charge in [0, 0.05) is 10.4 Å². The van der Waals surface area contributed by atoms with Crippen molar-refractivity contribution in [2.75, 3.05) is 16.9 Å². The molecule has 1 N–H and O–H groups in total. The molecule has 3 aromatic rings. The van der Waals surface area contributed by atoms with Gasteiger partial charge in [-0.3, -0.25) is 24.1 Å². The number of rotatable bonds is 4. The Morgan fingerprint density at radius 2 is 1.56 bits per heavy atom. The SMILES string of the molecule is COc1cc([C@H]2C3=CC[C@@H]4C(=O)N(c5ccc(Br)cc5)C(=O)[C@@H]4[C@@H]3C[C@H]3C(=O)N(c4ccccc4)C(=O)[C@@]23C)ccc1O. The van der Waals surface area contributed by atoms with Gasteiger partial charge in [-0.15, -0.1) is 0 Å². The number of phenolic OH excluding ortho intramolecular Hbond substituents is 1. The van der Waals surface area contributed by atoms with Gasteiger partial charge in [0.15, 0.2) is 11.5 Å². The minimum Gasteiger partial charge on any atom is -0.504 e. The number of carbonyl (C=O) groups excluding carboxylic acids is 4. The number of amides is 4. The van der Waals surface area contributed by atoms with E-state index in [0.717, 1.165) is 10.0 Å². The molecule has 2 aliphatic heterocycles. The predicted octanol–water partition coefficient (Wildman–Crippen LogP) is 5.60. The lowest BCUT2D eigenvalue weighted by Gasteiger charge is -2.49. The van der Waals surface area contributed by atoms with Crippen LogP contribution in [0.2, 0.25) is 0 Å². The van der Waals surface area contributed by atoms with Gasteiger partial charge in [0.25, 0.3) is 0 Å². The lowest BCUT2D eigenvalue weighted by atomic mass is 9.51. The Labute approximate surface area is 257 Å². The average Bonchev–Trinajstić information content (AvgIpc) is 3.38. The van der Waals surface area contributed by atoms with Crippen molar-refractivity contribution in [2.24, 2.45) is 29.1 Å². The first-order valence-electron chi connectivity index (χ1n) is 14.3. The van der Waals surface area contributed by atoms with Crippen LogP contribution >= 0.6 is 15.9 Å². The fourth-order valence-corrected chi connectivity index (χ4v) is 8.20. The van der Waals surface area contributed by atoms with Crippen molar-refractivity contribution >= 4 is 50.9 Å². The maximum atomic E-state index is 14.4. The molecule has 0 bridgehead atoms. The predicted molar refractivity (Wildman–Crippen MR) is 162 cm³/mol. The lowest BCUT2D eigenvalue weighted by molar-refractivity contribution is -0.131. The average molecular weight is 642 g/mol. The van der Waals surface area contributed by atoms with Crippen LogP contribution in [-0.2, 0) is 19.2 Å². The minimum atomic E-state index is -1.17. The van der Waals surface area contributed by atoms with Crippen molar-refractivity contribution in [1.29, 1.82) is 0 Å². The van der Waals surface area contributed by atoms with E-state index >= 15 is 0 Å². The fraction of sp³-hybridized carbons (Fsp3) is 0.294. The van der Waals surface area contributed by atoms with E-state index < -0.39 is 35.0 Å². The van der Waals surface area contributed by atoms with E-state index in [2.05, 4.69) is 15.9 Å². The van der Waals surface area contributed by atoms with Crippen LogP contribution in [-0.4, -0.2) is 35.8 Å². The molecule has 2 saturated heterocycles. The zero-order valence-electron chi connectivity index (χ0n) is 23.6. The maximum Gasteiger partial charge on any atom is 0.241 e. The largest absolute Gasteiger partial charge is 0.504 e.